The van der Waals surface area contributed by atoms with Crippen molar-refractivity contribution in [1.29, 1.82) is 0 Å². The molecule has 2 heterocycles. The molecule has 1 aliphatic heterocycles. The Morgan fingerprint density at radius 1 is 1.12 bits per heavy atom. The van der Waals surface area contributed by atoms with Crippen molar-refractivity contribution in [1.82, 2.24) is 4.98 Å². The van der Waals surface area contributed by atoms with E-state index in [0.29, 0.717) is 33.8 Å². The van der Waals surface area contributed by atoms with E-state index < -0.39 is 11.5 Å². The summed E-state index contributed by atoms with van der Waals surface area (Å²) in [6.07, 6.45) is 0.0147. The molecular weight excluding hydrogens is 437 g/mol. The number of halogens is 1. The Hall–Kier alpha value is -3.66. The number of nitrogens with zero attached hydrogens (tertiary/aromatic N) is 1. The van der Waals surface area contributed by atoms with E-state index in [0.717, 1.165) is 0 Å². The maximum Gasteiger partial charge on any atom is 0.269 e. The van der Waals surface area contributed by atoms with Gasteiger partial charge in [0, 0.05) is 17.1 Å². The predicted octanol–water partition coefficient (Wildman–Crippen LogP) is 3.99. The van der Waals surface area contributed by atoms with Crippen molar-refractivity contribution in [2.24, 2.45) is 0 Å². The summed E-state index contributed by atoms with van der Waals surface area (Å²) in [5.74, 6) is 0.568. The van der Waals surface area contributed by atoms with Crippen molar-refractivity contribution in [2.75, 3.05) is 17.4 Å². The fraction of sp³-hybridized carbons (Fsp3) is 0.227. The van der Waals surface area contributed by atoms with Gasteiger partial charge in [0.25, 0.3) is 5.91 Å². The van der Waals surface area contributed by atoms with E-state index in [9.17, 15) is 14.0 Å². The van der Waals surface area contributed by atoms with E-state index in [1.807, 2.05) is 0 Å². The van der Waals surface area contributed by atoms with Gasteiger partial charge in [0.15, 0.2) is 22.2 Å². The first-order valence-corrected chi connectivity index (χ1v) is 10.6. The van der Waals surface area contributed by atoms with Gasteiger partial charge < -0.3 is 19.5 Å². The highest BCUT2D eigenvalue weighted by atomic mass is 32.1. The average Bonchev–Trinajstić information content (AvgIpc) is 3.38. The number of rotatable bonds is 7. The molecular formula is C22H20FN3O5S. The van der Waals surface area contributed by atoms with Gasteiger partial charge in [-0.05, 0) is 50.2 Å². The number of nitrogens with one attached hydrogen (secondary N) is 2. The molecule has 0 saturated carbocycles. The monoisotopic (exact) mass is 457 g/mol. The Kier molecular flexibility index (Phi) is 5.95. The number of hydrogen-bond acceptors (Lipinski definition) is 7. The molecule has 8 nitrogen and oxygen atoms in total. The van der Waals surface area contributed by atoms with Crippen LogP contribution in [0.1, 0.15) is 19.5 Å². The van der Waals surface area contributed by atoms with E-state index in [-0.39, 0.29) is 24.9 Å². The maximum atomic E-state index is 13.0. The number of aromatic nitrogens is 1. The lowest BCUT2D eigenvalue weighted by Crippen LogP contribution is -2.42. The highest BCUT2D eigenvalue weighted by molar-refractivity contribution is 7.14. The second-order valence-corrected chi connectivity index (χ2v) is 8.32. The molecule has 4 rings (SSSR count). The predicted molar refractivity (Wildman–Crippen MR) is 117 cm³/mol. The number of amides is 2. The minimum atomic E-state index is -1.19. The molecule has 1 aliphatic rings. The molecule has 32 heavy (non-hydrogen) atoms. The van der Waals surface area contributed by atoms with E-state index in [4.69, 9.17) is 14.2 Å². The number of fused-ring (bicyclic) bond motifs is 1. The lowest BCUT2D eigenvalue weighted by Gasteiger charge is -2.24. The van der Waals surface area contributed by atoms with Crippen LogP contribution in [-0.4, -0.2) is 29.2 Å². The quantitative estimate of drug-likeness (QED) is 0.557. The first kappa shape index (κ1) is 21.6. The molecule has 0 spiro atoms. The Morgan fingerprint density at radius 2 is 1.88 bits per heavy atom. The molecule has 0 aliphatic carbocycles. The van der Waals surface area contributed by atoms with Crippen molar-refractivity contribution in [3.63, 3.8) is 0 Å². The first-order valence-electron chi connectivity index (χ1n) is 9.68. The van der Waals surface area contributed by atoms with Gasteiger partial charge in [0.1, 0.15) is 11.6 Å². The number of hydrogen-bond donors (Lipinski definition) is 2. The fourth-order valence-electron chi connectivity index (χ4n) is 2.88. The van der Waals surface area contributed by atoms with E-state index in [2.05, 4.69) is 15.6 Å². The van der Waals surface area contributed by atoms with Gasteiger partial charge in [0.05, 0.1) is 12.1 Å². The highest BCUT2D eigenvalue weighted by Crippen LogP contribution is 2.36. The summed E-state index contributed by atoms with van der Waals surface area (Å²) in [6, 6.07) is 10.6. The van der Waals surface area contributed by atoms with Gasteiger partial charge in [-0.2, -0.15) is 0 Å². The van der Waals surface area contributed by atoms with Crippen molar-refractivity contribution in [3.05, 3.63) is 59.4 Å². The van der Waals surface area contributed by atoms with E-state index in [1.165, 1.54) is 35.6 Å². The molecule has 166 valence electrons. The summed E-state index contributed by atoms with van der Waals surface area (Å²) >= 11 is 1.20. The SMILES string of the molecule is CC(C)(Oc1ccc2c(c1)OCO2)C(=O)Nc1nc(CC(=O)Nc2ccc(F)cc2)cs1. The Bertz CT molecular complexity index is 1150. The molecule has 0 atom stereocenters. The molecule has 2 aromatic carbocycles. The van der Waals surface area contributed by atoms with Crippen LogP contribution in [-0.2, 0) is 16.0 Å². The van der Waals surface area contributed by atoms with Gasteiger partial charge in [-0.15, -0.1) is 11.3 Å². The van der Waals surface area contributed by atoms with Crippen LogP contribution >= 0.6 is 11.3 Å². The third kappa shape index (κ3) is 5.14. The molecule has 0 bridgehead atoms. The zero-order chi connectivity index (χ0) is 22.7. The first-order chi connectivity index (χ1) is 15.3. The second kappa shape index (κ2) is 8.83. The molecule has 3 aromatic rings. The summed E-state index contributed by atoms with van der Waals surface area (Å²) in [4.78, 5) is 29.2. The summed E-state index contributed by atoms with van der Waals surface area (Å²) in [5.41, 5.74) is -0.207. The molecule has 1 aromatic heterocycles. The summed E-state index contributed by atoms with van der Waals surface area (Å²) in [7, 11) is 0. The Morgan fingerprint density at radius 3 is 2.66 bits per heavy atom. The minimum absolute atomic E-state index is 0.0147. The lowest BCUT2D eigenvalue weighted by atomic mass is 10.1. The molecule has 0 radical (unpaired) electrons. The van der Waals surface area contributed by atoms with E-state index in [1.54, 1.807) is 37.4 Å². The van der Waals surface area contributed by atoms with Crippen molar-refractivity contribution in [3.8, 4) is 17.2 Å². The van der Waals surface area contributed by atoms with Crippen LogP contribution < -0.4 is 24.8 Å². The fourth-order valence-corrected chi connectivity index (χ4v) is 3.58. The number of thiazole rings is 1. The van der Waals surface area contributed by atoms with Crippen LogP contribution in [0.25, 0.3) is 0 Å². The van der Waals surface area contributed by atoms with Gasteiger partial charge in [-0.25, -0.2) is 9.37 Å². The summed E-state index contributed by atoms with van der Waals surface area (Å²) in [6.45, 7) is 3.42. The number of anilines is 2. The van der Waals surface area contributed by atoms with Crippen LogP contribution in [0, 0.1) is 5.82 Å². The largest absolute Gasteiger partial charge is 0.478 e. The topological polar surface area (TPSA) is 98.8 Å². The van der Waals surface area contributed by atoms with Crippen LogP contribution in [0.5, 0.6) is 17.2 Å². The van der Waals surface area contributed by atoms with Crippen LogP contribution in [0.2, 0.25) is 0 Å². The van der Waals surface area contributed by atoms with Crippen molar-refractivity contribution >= 4 is 34.0 Å². The number of carbonyl (C=O) groups excluding carboxylic acids is 2. The number of carbonyl (C=O) groups is 2. The third-order valence-corrected chi connectivity index (χ3v) is 5.31. The van der Waals surface area contributed by atoms with Crippen LogP contribution in [0.4, 0.5) is 15.2 Å². The second-order valence-electron chi connectivity index (χ2n) is 7.46. The highest BCUT2D eigenvalue weighted by Gasteiger charge is 2.31. The number of ether oxygens (including phenoxy) is 3. The molecule has 0 fully saturated rings. The van der Waals surface area contributed by atoms with Crippen molar-refractivity contribution < 1.29 is 28.2 Å². The molecule has 0 unspecified atom stereocenters. The summed E-state index contributed by atoms with van der Waals surface area (Å²) in [5, 5.41) is 7.42. The van der Waals surface area contributed by atoms with Crippen LogP contribution in [0.15, 0.2) is 47.8 Å². The lowest BCUT2D eigenvalue weighted by molar-refractivity contribution is -0.128. The van der Waals surface area contributed by atoms with Gasteiger partial charge in [0.2, 0.25) is 12.7 Å². The zero-order valence-corrected chi connectivity index (χ0v) is 18.1. The number of benzene rings is 2. The molecule has 2 N–H and O–H groups in total. The average molecular weight is 457 g/mol. The maximum absolute atomic E-state index is 13.0. The van der Waals surface area contributed by atoms with Gasteiger partial charge >= 0.3 is 0 Å². The minimum Gasteiger partial charge on any atom is -0.478 e. The standard InChI is InChI=1S/C22H20FN3O5S/c1-22(2,31-16-7-8-17-18(10-16)30-12-29-17)20(28)26-21-25-15(11-32-21)9-19(27)24-14-5-3-13(23)4-6-14/h3-8,10-11H,9,12H2,1-2H3,(H,24,27)(H,25,26,28). The molecule has 2 amide bonds. The Balaban J connectivity index is 1.33. The van der Waals surface area contributed by atoms with Crippen molar-refractivity contribution in [2.45, 2.75) is 25.9 Å². The zero-order valence-electron chi connectivity index (χ0n) is 17.3. The molecule has 0 saturated heterocycles. The van der Waals surface area contributed by atoms with Crippen LogP contribution in [0.3, 0.4) is 0 Å². The summed E-state index contributed by atoms with van der Waals surface area (Å²) < 4.78 is 29.4. The Labute approximate surface area is 187 Å². The smallest absolute Gasteiger partial charge is 0.269 e. The van der Waals surface area contributed by atoms with Gasteiger partial charge in [-0.3, -0.25) is 14.9 Å². The third-order valence-electron chi connectivity index (χ3n) is 4.51. The molecule has 10 heteroatoms. The normalized spacial score (nSPS) is 12.3. The van der Waals surface area contributed by atoms with Gasteiger partial charge in [-0.1, -0.05) is 0 Å². The van der Waals surface area contributed by atoms with E-state index >= 15 is 0 Å².